The van der Waals surface area contributed by atoms with Crippen LogP contribution < -0.4 is 19.8 Å². The van der Waals surface area contributed by atoms with Crippen molar-refractivity contribution in [2.24, 2.45) is 5.10 Å². The number of nitrogens with zero attached hydrogens (tertiary/aromatic N) is 3. The molecule has 0 radical (unpaired) electrons. The molecule has 0 unspecified atom stereocenters. The van der Waals surface area contributed by atoms with E-state index in [1.807, 2.05) is 30.3 Å². The van der Waals surface area contributed by atoms with E-state index in [0.29, 0.717) is 50.6 Å². The van der Waals surface area contributed by atoms with Crippen LogP contribution in [0.3, 0.4) is 0 Å². The van der Waals surface area contributed by atoms with E-state index in [0.717, 1.165) is 8.96 Å². The Kier molecular flexibility index (Phi) is 8.03. The number of ether oxygens (including phenoxy) is 3. The minimum Gasteiger partial charge on any atom is -0.496 e. The first-order valence-electron chi connectivity index (χ1n) is 13.3. The first-order valence-corrected chi connectivity index (χ1v) is 14.4. The maximum atomic E-state index is 13.7. The average Bonchev–Trinajstić information content (AvgIpc) is 3.48. The van der Waals surface area contributed by atoms with Crippen LogP contribution in [0, 0.1) is 3.57 Å². The molecule has 11 heteroatoms. The van der Waals surface area contributed by atoms with Crippen LogP contribution in [0.1, 0.15) is 21.5 Å². The lowest BCUT2D eigenvalue weighted by Crippen LogP contribution is -2.20. The van der Waals surface area contributed by atoms with Crippen LogP contribution in [0.4, 0.5) is 0 Å². The summed E-state index contributed by atoms with van der Waals surface area (Å²) in [5.41, 5.74) is 2.26. The Morgan fingerprint density at radius 1 is 0.977 bits per heavy atom. The topological polar surface area (TPSA) is 125 Å². The lowest BCUT2D eigenvalue weighted by Gasteiger charge is -2.14. The van der Waals surface area contributed by atoms with Crippen molar-refractivity contribution in [1.29, 1.82) is 0 Å². The molecule has 2 heterocycles. The molecule has 0 aliphatic heterocycles. The van der Waals surface area contributed by atoms with Crippen molar-refractivity contribution in [3.63, 3.8) is 0 Å². The van der Waals surface area contributed by atoms with E-state index in [1.54, 1.807) is 55.6 Å². The highest BCUT2D eigenvalue weighted by Gasteiger charge is 2.18. The number of furan rings is 1. The van der Waals surface area contributed by atoms with E-state index in [-0.39, 0.29) is 23.6 Å². The highest BCUT2D eigenvalue weighted by Crippen LogP contribution is 2.35. The van der Waals surface area contributed by atoms with Crippen LogP contribution in [-0.4, -0.2) is 41.2 Å². The van der Waals surface area contributed by atoms with Gasteiger partial charge in [0.15, 0.2) is 17.3 Å². The van der Waals surface area contributed by atoms with Gasteiger partial charge in [0.2, 0.25) is 5.82 Å². The highest BCUT2D eigenvalue weighted by atomic mass is 127. The zero-order chi connectivity index (χ0) is 30.8. The van der Waals surface area contributed by atoms with Crippen molar-refractivity contribution in [1.82, 2.24) is 9.66 Å². The van der Waals surface area contributed by atoms with Crippen LogP contribution in [0.5, 0.6) is 17.2 Å². The minimum atomic E-state index is -1.01. The Morgan fingerprint density at radius 3 is 2.57 bits per heavy atom. The molecule has 1 N–H and O–H groups in total. The summed E-state index contributed by atoms with van der Waals surface area (Å²) in [5, 5.41) is 15.0. The number of carboxylic acids is 1. The second kappa shape index (κ2) is 12.2. The third-order valence-corrected chi connectivity index (χ3v) is 7.65. The molecule has 44 heavy (non-hydrogen) atoms. The number of rotatable bonds is 9. The molecule has 0 amide bonds. The zero-order valence-electron chi connectivity index (χ0n) is 23.5. The van der Waals surface area contributed by atoms with Gasteiger partial charge in [-0.2, -0.15) is 9.78 Å². The van der Waals surface area contributed by atoms with Gasteiger partial charge in [-0.25, -0.2) is 9.78 Å². The SMILES string of the molecule is COc1cc(C=Nn2c(-c3cc4c(OC)cccc4o3)nc3ccccc3c2=O)cc(I)c1OCc1cccc(C(=O)O)c1. The molecule has 0 aliphatic carbocycles. The fraction of sp³-hybridized carbons (Fsp3) is 0.0909. The molecular formula is C33H24IN3O7. The van der Waals surface area contributed by atoms with Crippen molar-refractivity contribution in [2.75, 3.05) is 14.2 Å². The van der Waals surface area contributed by atoms with Crippen LogP contribution in [0.25, 0.3) is 33.5 Å². The molecule has 2 aromatic heterocycles. The van der Waals surface area contributed by atoms with Gasteiger partial charge in [-0.1, -0.05) is 30.3 Å². The van der Waals surface area contributed by atoms with Gasteiger partial charge in [0, 0.05) is 0 Å². The maximum Gasteiger partial charge on any atom is 0.335 e. The number of carboxylic acid groups (broad SMARTS) is 1. The Hall–Kier alpha value is -5.17. The second-order valence-corrected chi connectivity index (χ2v) is 10.8. The fourth-order valence-electron chi connectivity index (χ4n) is 4.74. The minimum absolute atomic E-state index is 0.144. The summed E-state index contributed by atoms with van der Waals surface area (Å²) in [4.78, 5) is 29.7. The van der Waals surface area contributed by atoms with Crippen molar-refractivity contribution in [2.45, 2.75) is 6.61 Å². The lowest BCUT2D eigenvalue weighted by atomic mass is 10.1. The molecule has 10 nitrogen and oxygen atoms in total. The lowest BCUT2D eigenvalue weighted by molar-refractivity contribution is 0.0696. The van der Waals surface area contributed by atoms with E-state index in [4.69, 9.17) is 23.6 Å². The zero-order valence-corrected chi connectivity index (χ0v) is 25.6. The summed E-state index contributed by atoms with van der Waals surface area (Å²) in [5.74, 6) is 1.15. The molecule has 4 aromatic carbocycles. The van der Waals surface area contributed by atoms with Crippen LogP contribution in [0.2, 0.25) is 0 Å². The van der Waals surface area contributed by atoms with Crippen LogP contribution >= 0.6 is 22.6 Å². The Morgan fingerprint density at radius 2 is 1.77 bits per heavy atom. The number of hydrogen-bond donors (Lipinski definition) is 1. The van der Waals surface area contributed by atoms with Gasteiger partial charge in [-0.05, 0) is 88.3 Å². The number of hydrogen-bond acceptors (Lipinski definition) is 8. The summed E-state index contributed by atoms with van der Waals surface area (Å²) in [6.07, 6.45) is 1.54. The van der Waals surface area contributed by atoms with Crippen LogP contribution in [-0.2, 0) is 6.61 Å². The molecule has 0 aliphatic rings. The Labute approximate surface area is 264 Å². The first kappa shape index (κ1) is 28.9. The predicted molar refractivity (Wildman–Crippen MR) is 174 cm³/mol. The van der Waals surface area contributed by atoms with Crippen molar-refractivity contribution in [3.05, 3.63) is 116 Å². The van der Waals surface area contributed by atoms with Crippen molar-refractivity contribution in [3.8, 4) is 28.8 Å². The number of fused-ring (bicyclic) bond motifs is 2. The molecule has 0 atom stereocenters. The number of halogens is 1. The molecule has 0 fully saturated rings. The summed E-state index contributed by atoms with van der Waals surface area (Å²) >= 11 is 2.13. The molecule has 6 rings (SSSR count). The molecule has 220 valence electrons. The molecular weight excluding hydrogens is 677 g/mol. The molecule has 0 bridgehead atoms. The second-order valence-electron chi connectivity index (χ2n) is 9.63. The first-order chi connectivity index (χ1) is 21.4. The van der Waals surface area contributed by atoms with Gasteiger partial charge in [-0.15, -0.1) is 0 Å². The quantitative estimate of drug-likeness (QED) is 0.132. The van der Waals surface area contributed by atoms with Gasteiger partial charge in [0.25, 0.3) is 5.56 Å². The van der Waals surface area contributed by atoms with Crippen molar-refractivity contribution >= 4 is 56.6 Å². The largest absolute Gasteiger partial charge is 0.496 e. The van der Waals surface area contributed by atoms with E-state index < -0.39 is 5.97 Å². The maximum absolute atomic E-state index is 13.7. The van der Waals surface area contributed by atoms with Gasteiger partial charge < -0.3 is 23.7 Å². The van der Waals surface area contributed by atoms with E-state index >= 15 is 0 Å². The molecule has 6 aromatic rings. The summed E-state index contributed by atoms with van der Waals surface area (Å²) in [6, 6.07) is 24.4. The number of aromatic carboxylic acids is 1. The standard InChI is InChI=1S/C33H24IN3O7/c1-41-26-11-6-12-27-23(26)16-29(44-27)31-36-25-10-4-3-9-22(25)32(38)37(31)35-17-20-14-24(34)30(28(15-20)42-2)43-18-19-7-5-8-21(13-19)33(39)40/h3-17H,18H2,1-2H3,(H,39,40). The molecule has 0 spiro atoms. The molecule has 0 saturated heterocycles. The van der Waals surface area contributed by atoms with Crippen molar-refractivity contribution < 1.29 is 28.5 Å². The van der Waals surface area contributed by atoms with Crippen LogP contribution in [0.15, 0.2) is 99.2 Å². The summed E-state index contributed by atoms with van der Waals surface area (Å²) < 4.78 is 25.2. The summed E-state index contributed by atoms with van der Waals surface area (Å²) in [7, 11) is 3.11. The third kappa shape index (κ3) is 5.61. The number of carbonyl (C=O) groups is 1. The normalized spacial score (nSPS) is 11.3. The molecule has 0 saturated carbocycles. The number of methoxy groups -OCH3 is 2. The summed E-state index contributed by atoms with van der Waals surface area (Å²) in [6.45, 7) is 0.144. The smallest absolute Gasteiger partial charge is 0.335 e. The fourth-order valence-corrected chi connectivity index (χ4v) is 5.52. The van der Waals surface area contributed by atoms with Gasteiger partial charge >= 0.3 is 5.97 Å². The monoisotopic (exact) mass is 701 g/mol. The van der Waals surface area contributed by atoms with Gasteiger partial charge in [-0.3, -0.25) is 4.79 Å². The predicted octanol–water partition coefficient (Wildman–Crippen LogP) is 6.59. The Bertz CT molecular complexity index is 2130. The number of para-hydroxylation sites is 1. The number of aromatic nitrogens is 2. The van der Waals surface area contributed by atoms with E-state index in [2.05, 4.69) is 27.7 Å². The van der Waals surface area contributed by atoms with E-state index in [9.17, 15) is 14.7 Å². The Balaban J connectivity index is 1.38. The average molecular weight is 701 g/mol. The van der Waals surface area contributed by atoms with E-state index in [1.165, 1.54) is 24.1 Å². The number of benzene rings is 4. The third-order valence-electron chi connectivity index (χ3n) is 6.85. The van der Waals surface area contributed by atoms with Gasteiger partial charge in [0.1, 0.15) is 17.9 Å². The van der Waals surface area contributed by atoms with Gasteiger partial charge in [0.05, 0.1) is 45.9 Å². The highest BCUT2D eigenvalue weighted by molar-refractivity contribution is 14.1.